The van der Waals surface area contributed by atoms with E-state index in [-0.39, 0.29) is 37.9 Å². The van der Waals surface area contributed by atoms with Crippen molar-refractivity contribution < 1.29 is 36.2 Å². The largest absolute Gasteiger partial charge is 0.481 e. The minimum atomic E-state index is -4.51. The summed E-state index contributed by atoms with van der Waals surface area (Å²) < 4.78 is 80.4. The van der Waals surface area contributed by atoms with Crippen LogP contribution in [0, 0.1) is 11.8 Å². The van der Waals surface area contributed by atoms with Gasteiger partial charge in [-0.1, -0.05) is 49.6 Å². The normalized spacial score (nSPS) is 22.0. The third kappa shape index (κ3) is 5.56. The second-order valence-electron chi connectivity index (χ2n) is 11.4. The van der Waals surface area contributed by atoms with Crippen LogP contribution in [-0.2, 0) is 16.4 Å². The maximum absolute atomic E-state index is 13.5. The van der Waals surface area contributed by atoms with Crippen molar-refractivity contribution >= 4 is 5.97 Å². The molecule has 5 rings (SSSR count). The Balaban J connectivity index is 1.63. The summed E-state index contributed by atoms with van der Waals surface area (Å²) in [5, 5.41) is 10.1. The topological polar surface area (TPSA) is 40.5 Å². The molecular weight excluding hydrogens is 520 g/mol. The van der Waals surface area contributed by atoms with Crippen molar-refractivity contribution in [3.8, 4) is 11.1 Å². The molecule has 1 heterocycles. The Kier molecular flexibility index (Phi) is 7.50. The van der Waals surface area contributed by atoms with Crippen molar-refractivity contribution in [3.05, 3.63) is 59.2 Å². The SMILES string of the molecule is O=C(O)C1(c2cccc(C(C3CCCCC3)N3CCC(C(F)(F)F)CC3)c2-c2ccc(C(F)(F)F)cc2)CC1. The molecule has 2 saturated carbocycles. The van der Waals surface area contributed by atoms with Crippen LogP contribution >= 0.6 is 0 Å². The van der Waals surface area contributed by atoms with Gasteiger partial charge < -0.3 is 5.11 Å². The van der Waals surface area contributed by atoms with E-state index in [2.05, 4.69) is 4.90 Å². The first-order chi connectivity index (χ1) is 18.4. The van der Waals surface area contributed by atoms with Gasteiger partial charge in [-0.25, -0.2) is 0 Å². The fourth-order valence-corrected chi connectivity index (χ4v) is 6.79. The van der Waals surface area contributed by atoms with Crippen LogP contribution in [-0.4, -0.2) is 35.2 Å². The number of hydrogen-bond donors (Lipinski definition) is 1. The van der Waals surface area contributed by atoms with E-state index in [4.69, 9.17) is 0 Å². The lowest BCUT2D eigenvalue weighted by Gasteiger charge is -2.44. The van der Waals surface area contributed by atoms with Crippen molar-refractivity contribution in [2.45, 2.75) is 81.6 Å². The molecule has 0 amide bonds. The molecule has 3 nitrogen and oxygen atoms in total. The van der Waals surface area contributed by atoms with Crippen molar-refractivity contribution in [2.24, 2.45) is 11.8 Å². The third-order valence-corrected chi connectivity index (χ3v) is 9.07. The number of likely N-dealkylation sites (tertiary alicyclic amines) is 1. The number of benzene rings is 2. The fraction of sp³-hybridized carbons (Fsp3) is 0.567. The van der Waals surface area contributed by atoms with E-state index < -0.39 is 35.2 Å². The number of piperidine rings is 1. The van der Waals surface area contributed by atoms with Crippen molar-refractivity contribution in [3.63, 3.8) is 0 Å². The average Bonchev–Trinajstić information content (AvgIpc) is 3.71. The molecule has 1 unspecified atom stereocenters. The van der Waals surface area contributed by atoms with E-state index >= 15 is 0 Å². The standard InChI is InChI=1S/C30H33F6NO2/c31-29(32,33)21-11-9-19(10-12-21)25-23(7-4-8-24(25)28(15-16-28)27(38)39)26(20-5-2-1-3-6-20)37-17-13-22(14-18-37)30(34,35)36/h4,7-12,20,22,26H,1-3,5-6,13-18H2,(H,38,39). The highest BCUT2D eigenvalue weighted by molar-refractivity contribution is 5.89. The number of aliphatic carboxylic acids is 1. The van der Waals surface area contributed by atoms with Crippen molar-refractivity contribution in [1.82, 2.24) is 4.90 Å². The molecule has 2 aromatic rings. The lowest BCUT2D eigenvalue weighted by atomic mass is 9.75. The van der Waals surface area contributed by atoms with E-state index in [1.54, 1.807) is 12.1 Å². The predicted molar refractivity (Wildman–Crippen MR) is 135 cm³/mol. The molecule has 3 fully saturated rings. The van der Waals surface area contributed by atoms with E-state index in [0.29, 0.717) is 29.5 Å². The Morgan fingerprint density at radius 2 is 1.49 bits per heavy atom. The van der Waals surface area contributed by atoms with Gasteiger partial charge in [0.25, 0.3) is 0 Å². The molecule has 1 aliphatic heterocycles. The second-order valence-corrected chi connectivity index (χ2v) is 11.4. The molecular formula is C30H33F6NO2. The number of carbonyl (C=O) groups is 1. The number of alkyl halides is 6. The Hall–Kier alpha value is -2.55. The molecule has 2 aliphatic carbocycles. The van der Waals surface area contributed by atoms with Crippen LogP contribution in [0.15, 0.2) is 42.5 Å². The minimum Gasteiger partial charge on any atom is -0.481 e. The maximum Gasteiger partial charge on any atom is 0.416 e. The highest BCUT2D eigenvalue weighted by Gasteiger charge is 2.53. The molecule has 9 heteroatoms. The summed E-state index contributed by atoms with van der Waals surface area (Å²) in [6, 6.07) is 10.1. The Morgan fingerprint density at radius 1 is 0.872 bits per heavy atom. The summed E-state index contributed by atoms with van der Waals surface area (Å²) in [4.78, 5) is 14.5. The van der Waals surface area contributed by atoms with Gasteiger partial charge in [0.15, 0.2) is 0 Å². The molecule has 0 spiro atoms. The molecule has 0 bridgehead atoms. The number of carboxylic acids is 1. The monoisotopic (exact) mass is 553 g/mol. The number of rotatable bonds is 6. The van der Waals surface area contributed by atoms with Gasteiger partial charge in [0, 0.05) is 6.04 Å². The van der Waals surface area contributed by atoms with Crippen LogP contribution in [0.2, 0.25) is 0 Å². The van der Waals surface area contributed by atoms with Crippen LogP contribution in [0.25, 0.3) is 11.1 Å². The number of carboxylic acid groups (broad SMARTS) is 1. The predicted octanol–water partition coefficient (Wildman–Crippen LogP) is 8.38. The summed E-state index contributed by atoms with van der Waals surface area (Å²) in [5.74, 6) is -2.14. The van der Waals surface area contributed by atoms with E-state index in [9.17, 15) is 36.2 Å². The third-order valence-electron chi connectivity index (χ3n) is 9.07. The van der Waals surface area contributed by atoms with Gasteiger partial charge in [-0.3, -0.25) is 9.69 Å². The molecule has 0 aromatic heterocycles. The zero-order valence-corrected chi connectivity index (χ0v) is 21.6. The fourth-order valence-electron chi connectivity index (χ4n) is 6.79. The summed E-state index contributed by atoms with van der Waals surface area (Å²) >= 11 is 0. The number of nitrogens with zero attached hydrogens (tertiary/aromatic N) is 1. The molecule has 39 heavy (non-hydrogen) atoms. The van der Waals surface area contributed by atoms with E-state index in [1.807, 2.05) is 6.07 Å². The van der Waals surface area contributed by atoms with Gasteiger partial charge >= 0.3 is 18.3 Å². The summed E-state index contributed by atoms with van der Waals surface area (Å²) in [6.45, 7) is 0.540. The molecule has 3 aliphatic rings. The number of hydrogen-bond acceptors (Lipinski definition) is 2. The van der Waals surface area contributed by atoms with Crippen LogP contribution in [0.5, 0.6) is 0 Å². The lowest BCUT2D eigenvalue weighted by Crippen LogP contribution is -2.43. The van der Waals surface area contributed by atoms with E-state index in [0.717, 1.165) is 49.8 Å². The average molecular weight is 554 g/mol. The summed E-state index contributed by atoms with van der Waals surface area (Å²) in [6.07, 6.45) is -2.95. The molecule has 1 atom stereocenters. The first-order valence-electron chi connectivity index (χ1n) is 13.8. The Morgan fingerprint density at radius 3 is 2.00 bits per heavy atom. The van der Waals surface area contributed by atoms with Crippen LogP contribution < -0.4 is 0 Å². The van der Waals surface area contributed by atoms with Crippen LogP contribution in [0.4, 0.5) is 26.3 Å². The molecule has 0 radical (unpaired) electrons. The van der Waals surface area contributed by atoms with E-state index in [1.165, 1.54) is 12.1 Å². The molecule has 1 N–H and O–H groups in total. The summed E-state index contributed by atoms with van der Waals surface area (Å²) in [7, 11) is 0. The van der Waals surface area contributed by atoms with Crippen LogP contribution in [0.1, 0.15) is 80.5 Å². The first-order valence-corrected chi connectivity index (χ1v) is 13.8. The number of halogens is 6. The van der Waals surface area contributed by atoms with Crippen molar-refractivity contribution in [1.29, 1.82) is 0 Å². The molecule has 212 valence electrons. The van der Waals surface area contributed by atoms with Gasteiger partial charge in [-0.15, -0.1) is 0 Å². The van der Waals surface area contributed by atoms with Gasteiger partial charge in [-0.2, -0.15) is 26.3 Å². The lowest BCUT2D eigenvalue weighted by molar-refractivity contribution is -0.186. The zero-order valence-electron chi connectivity index (χ0n) is 21.6. The smallest absolute Gasteiger partial charge is 0.416 e. The highest BCUT2D eigenvalue weighted by Crippen LogP contribution is 2.54. The quantitative estimate of drug-likeness (QED) is 0.365. The minimum absolute atomic E-state index is 0.00108. The van der Waals surface area contributed by atoms with Gasteiger partial charge in [0.2, 0.25) is 0 Å². The van der Waals surface area contributed by atoms with Gasteiger partial charge in [0.1, 0.15) is 0 Å². The first kappa shape index (κ1) is 28.0. The summed E-state index contributed by atoms with van der Waals surface area (Å²) in [5.41, 5.74) is 0.638. The Labute approximate surface area is 224 Å². The second kappa shape index (κ2) is 10.5. The Bertz CT molecular complexity index is 1170. The van der Waals surface area contributed by atoms with Gasteiger partial charge in [-0.05, 0) is 91.9 Å². The maximum atomic E-state index is 13.5. The molecule has 2 aromatic carbocycles. The van der Waals surface area contributed by atoms with Crippen molar-refractivity contribution in [2.75, 3.05) is 13.1 Å². The molecule has 1 saturated heterocycles. The van der Waals surface area contributed by atoms with Crippen LogP contribution in [0.3, 0.4) is 0 Å². The van der Waals surface area contributed by atoms with Gasteiger partial charge in [0.05, 0.1) is 16.9 Å². The zero-order chi connectivity index (χ0) is 28.0. The highest BCUT2D eigenvalue weighted by atomic mass is 19.4.